The van der Waals surface area contributed by atoms with Gasteiger partial charge >= 0.3 is 5.97 Å². The van der Waals surface area contributed by atoms with Gasteiger partial charge in [0.2, 0.25) is 0 Å². The summed E-state index contributed by atoms with van der Waals surface area (Å²) in [6, 6.07) is 1.79. The van der Waals surface area contributed by atoms with Crippen LogP contribution in [0.2, 0.25) is 0 Å². The summed E-state index contributed by atoms with van der Waals surface area (Å²) in [5, 5.41) is 7.67. The van der Waals surface area contributed by atoms with Gasteiger partial charge in [-0.05, 0) is 6.07 Å². The Balaban J connectivity index is 1.97. The Hall–Kier alpha value is -2.08. The van der Waals surface area contributed by atoms with E-state index in [0.717, 1.165) is 36.5 Å². The van der Waals surface area contributed by atoms with Gasteiger partial charge in [0, 0.05) is 30.4 Å². The minimum absolute atomic E-state index is 0.361. The molecule has 2 aromatic rings. The van der Waals surface area contributed by atoms with Crippen LogP contribution in [0, 0.1) is 0 Å². The molecule has 6 heteroatoms. The summed E-state index contributed by atoms with van der Waals surface area (Å²) in [5.41, 5.74) is 3.61. The van der Waals surface area contributed by atoms with Gasteiger partial charge in [0.1, 0.15) is 5.69 Å². The van der Waals surface area contributed by atoms with E-state index < -0.39 is 0 Å². The Morgan fingerprint density at radius 2 is 2.44 bits per heavy atom. The number of aromatic amines is 1. The molecule has 6 nitrogen and oxygen atoms in total. The average Bonchev–Trinajstić information content (AvgIpc) is 3.03. The van der Waals surface area contributed by atoms with Crippen LogP contribution in [-0.2, 0) is 17.8 Å². The predicted molar refractivity (Wildman–Crippen MR) is 65.1 cm³/mol. The Morgan fingerprint density at radius 3 is 3.28 bits per heavy atom. The second-order valence-corrected chi connectivity index (χ2v) is 4.20. The molecule has 0 aromatic carbocycles. The van der Waals surface area contributed by atoms with Gasteiger partial charge < -0.3 is 15.0 Å². The fourth-order valence-corrected chi connectivity index (χ4v) is 2.20. The van der Waals surface area contributed by atoms with Crippen molar-refractivity contribution >= 4 is 5.97 Å². The van der Waals surface area contributed by atoms with Gasteiger partial charge in [0.05, 0.1) is 25.5 Å². The first-order chi connectivity index (χ1) is 8.79. The van der Waals surface area contributed by atoms with Crippen molar-refractivity contribution in [1.29, 1.82) is 0 Å². The zero-order valence-electron chi connectivity index (χ0n) is 10.1. The molecule has 2 aromatic heterocycles. The number of ether oxygens (including phenoxy) is 1. The molecule has 0 saturated carbocycles. The summed E-state index contributed by atoms with van der Waals surface area (Å²) in [4.78, 5) is 14.3. The molecule has 1 aliphatic rings. The lowest BCUT2D eigenvalue weighted by atomic mass is 10.1. The lowest BCUT2D eigenvalue weighted by Gasteiger charge is -2.15. The van der Waals surface area contributed by atoms with Crippen LogP contribution in [0.4, 0.5) is 0 Å². The van der Waals surface area contributed by atoms with Crippen molar-refractivity contribution in [1.82, 2.24) is 20.1 Å². The number of methoxy groups -OCH3 is 1. The van der Waals surface area contributed by atoms with Crippen molar-refractivity contribution in [2.45, 2.75) is 13.1 Å². The summed E-state index contributed by atoms with van der Waals surface area (Å²) < 4.78 is 6.67. The third kappa shape index (κ3) is 1.70. The van der Waals surface area contributed by atoms with Gasteiger partial charge in [-0.15, -0.1) is 0 Å². The van der Waals surface area contributed by atoms with Crippen LogP contribution in [-0.4, -0.2) is 34.4 Å². The first-order valence-corrected chi connectivity index (χ1v) is 5.82. The number of carbonyl (C=O) groups is 1. The standard InChI is InChI=1S/C12H14N4O2/c1-18-12(17)10-4-8(5-14-10)9-6-15-16-3-2-13-7-11(9)16/h4-6,13-14H,2-3,7H2,1H3. The number of hydrogen-bond acceptors (Lipinski definition) is 4. The maximum Gasteiger partial charge on any atom is 0.354 e. The van der Waals surface area contributed by atoms with Gasteiger partial charge in [0.15, 0.2) is 0 Å². The first kappa shape index (κ1) is 11.0. The molecule has 0 bridgehead atoms. The molecule has 0 amide bonds. The number of H-pyrrole nitrogens is 1. The van der Waals surface area contributed by atoms with Crippen molar-refractivity contribution in [2.75, 3.05) is 13.7 Å². The number of carbonyl (C=O) groups excluding carboxylic acids is 1. The van der Waals surface area contributed by atoms with Gasteiger partial charge in [0.25, 0.3) is 0 Å². The molecule has 0 saturated heterocycles. The highest BCUT2D eigenvalue weighted by Crippen LogP contribution is 2.25. The largest absolute Gasteiger partial charge is 0.464 e. The normalized spacial score (nSPS) is 14.3. The predicted octanol–water partition coefficient (Wildman–Crippen LogP) is 0.768. The fraction of sp³-hybridized carbons (Fsp3) is 0.333. The smallest absolute Gasteiger partial charge is 0.354 e. The summed E-state index contributed by atoms with van der Waals surface area (Å²) in [6.45, 7) is 2.62. The van der Waals surface area contributed by atoms with Crippen molar-refractivity contribution in [3.05, 3.63) is 29.8 Å². The second kappa shape index (κ2) is 4.30. The maximum atomic E-state index is 11.4. The number of rotatable bonds is 2. The monoisotopic (exact) mass is 246 g/mol. The second-order valence-electron chi connectivity index (χ2n) is 4.20. The van der Waals surface area contributed by atoms with Crippen molar-refractivity contribution in [3.63, 3.8) is 0 Å². The number of esters is 1. The summed E-state index contributed by atoms with van der Waals surface area (Å²) in [5.74, 6) is -0.361. The van der Waals surface area contributed by atoms with Crippen LogP contribution in [0.15, 0.2) is 18.5 Å². The van der Waals surface area contributed by atoms with Crippen molar-refractivity contribution < 1.29 is 9.53 Å². The van der Waals surface area contributed by atoms with E-state index in [2.05, 4.69) is 20.1 Å². The molecule has 0 atom stereocenters. The van der Waals surface area contributed by atoms with Gasteiger partial charge in [-0.3, -0.25) is 4.68 Å². The van der Waals surface area contributed by atoms with Crippen LogP contribution in [0.5, 0.6) is 0 Å². The number of nitrogens with one attached hydrogen (secondary N) is 2. The molecule has 3 heterocycles. The van der Waals surface area contributed by atoms with Crippen LogP contribution in [0.1, 0.15) is 16.2 Å². The van der Waals surface area contributed by atoms with E-state index >= 15 is 0 Å². The molecular formula is C12H14N4O2. The highest BCUT2D eigenvalue weighted by Gasteiger charge is 2.17. The van der Waals surface area contributed by atoms with E-state index in [-0.39, 0.29) is 5.97 Å². The Morgan fingerprint density at radius 1 is 1.56 bits per heavy atom. The molecule has 0 spiro atoms. The third-order valence-electron chi connectivity index (χ3n) is 3.14. The summed E-state index contributed by atoms with van der Waals surface area (Å²) in [6.07, 6.45) is 3.64. The number of nitrogens with zero attached hydrogens (tertiary/aromatic N) is 2. The summed E-state index contributed by atoms with van der Waals surface area (Å²) in [7, 11) is 1.37. The summed E-state index contributed by atoms with van der Waals surface area (Å²) >= 11 is 0. The van der Waals surface area contributed by atoms with Crippen molar-refractivity contribution in [3.8, 4) is 11.1 Å². The first-order valence-electron chi connectivity index (χ1n) is 5.82. The highest BCUT2D eigenvalue weighted by molar-refractivity contribution is 5.89. The SMILES string of the molecule is COC(=O)c1cc(-c2cnn3c2CNCC3)c[nH]1. The van der Waals surface area contributed by atoms with Crippen LogP contribution in [0.25, 0.3) is 11.1 Å². The van der Waals surface area contributed by atoms with Crippen LogP contribution in [0.3, 0.4) is 0 Å². The topological polar surface area (TPSA) is 71.9 Å². The fourth-order valence-electron chi connectivity index (χ4n) is 2.20. The maximum absolute atomic E-state index is 11.4. The Labute approximate surface area is 104 Å². The van der Waals surface area contributed by atoms with E-state index in [0.29, 0.717) is 5.69 Å². The van der Waals surface area contributed by atoms with E-state index in [1.54, 1.807) is 12.3 Å². The highest BCUT2D eigenvalue weighted by atomic mass is 16.5. The molecule has 0 fully saturated rings. The molecule has 0 radical (unpaired) electrons. The lowest BCUT2D eigenvalue weighted by molar-refractivity contribution is 0.0595. The van der Waals surface area contributed by atoms with Gasteiger partial charge in [-0.1, -0.05) is 0 Å². The molecule has 18 heavy (non-hydrogen) atoms. The van der Waals surface area contributed by atoms with E-state index in [4.69, 9.17) is 0 Å². The molecule has 1 aliphatic heterocycles. The third-order valence-corrected chi connectivity index (χ3v) is 3.14. The quantitative estimate of drug-likeness (QED) is 0.768. The van der Waals surface area contributed by atoms with Gasteiger partial charge in [-0.25, -0.2) is 4.79 Å². The number of hydrogen-bond donors (Lipinski definition) is 2. The minimum atomic E-state index is -0.361. The number of fused-ring (bicyclic) bond motifs is 1. The van der Waals surface area contributed by atoms with E-state index in [1.807, 2.05) is 10.9 Å². The Bertz CT molecular complexity index is 585. The van der Waals surface area contributed by atoms with Gasteiger partial charge in [-0.2, -0.15) is 5.10 Å². The zero-order valence-corrected chi connectivity index (χ0v) is 10.1. The molecule has 0 aliphatic carbocycles. The molecule has 0 unspecified atom stereocenters. The van der Waals surface area contributed by atoms with Crippen molar-refractivity contribution in [2.24, 2.45) is 0 Å². The zero-order chi connectivity index (χ0) is 12.5. The minimum Gasteiger partial charge on any atom is -0.464 e. The molecule has 94 valence electrons. The van der Waals surface area contributed by atoms with Crippen LogP contribution >= 0.6 is 0 Å². The molecule has 2 N–H and O–H groups in total. The number of aromatic nitrogens is 3. The van der Waals surface area contributed by atoms with Crippen LogP contribution < -0.4 is 5.32 Å². The lowest BCUT2D eigenvalue weighted by Crippen LogP contribution is -2.28. The molecular weight excluding hydrogens is 232 g/mol. The van der Waals surface area contributed by atoms with E-state index in [9.17, 15) is 4.79 Å². The molecule has 3 rings (SSSR count). The Kier molecular flexibility index (Phi) is 2.64. The average molecular weight is 246 g/mol. The van der Waals surface area contributed by atoms with E-state index in [1.165, 1.54) is 7.11 Å².